The van der Waals surface area contributed by atoms with Crippen LogP contribution in [-0.2, 0) is 19.2 Å². The Morgan fingerprint density at radius 1 is 0.903 bits per heavy atom. The molecule has 14 nitrogen and oxygen atoms in total. The molecule has 0 aliphatic heterocycles. The second kappa shape index (κ2) is 14.1. The van der Waals surface area contributed by atoms with E-state index >= 15 is 0 Å². The molecule has 11 N–H and O–H groups in total. The fourth-order valence-corrected chi connectivity index (χ4v) is 2.62. The van der Waals surface area contributed by atoms with Crippen LogP contribution in [0.5, 0.6) is 0 Å². The van der Waals surface area contributed by atoms with E-state index in [1.54, 1.807) is 13.8 Å². The number of hydrogen-bond donors (Lipinski definition) is 8. The first-order valence-corrected chi connectivity index (χ1v) is 9.68. The minimum absolute atomic E-state index is 0.00830. The standard InChI is InChI=1S/C17H33N7O7/c1-9(2)8-11(15(28)29)23-24(12(16(30)31)5-6-13(18)25)22-10(14(26)27)4-3-7-21-17(19)20/h9-12,22-23H,3-8H2,1-2H3,(H2,18,25)(H,26,27)(H,28,29)(H,30,31)(H4,19,20,21)/t10-,11-,12-/m0/s1. The van der Waals surface area contributed by atoms with Crippen LogP contribution in [-0.4, -0.2) is 74.9 Å². The van der Waals surface area contributed by atoms with Gasteiger partial charge in [0.15, 0.2) is 5.96 Å². The summed E-state index contributed by atoms with van der Waals surface area (Å²) in [5, 5.41) is 29.4. The fourth-order valence-electron chi connectivity index (χ4n) is 2.62. The lowest BCUT2D eigenvalue weighted by Gasteiger charge is -2.34. The first-order chi connectivity index (χ1) is 14.3. The summed E-state index contributed by atoms with van der Waals surface area (Å²) in [6.45, 7) is 3.71. The molecule has 0 radical (unpaired) electrons. The Bertz CT molecular complexity index is 653. The van der Waals surface area contributed by atoms with E-state index < -0.39 is 41.9 Å². The van der Waals surface area contributed by atoms with Crippen molar-refractivity contribution in [1.82, 2.24) is 16.0 Å². The number of rotatable bonds is 17. The van der Waals surface area contributed by atoms with Crippen LogP contribution in [0.3, 0.4) is 0 Å². The van der Waals surface area contributed by atoms with Crippen LogP contribution in [0.2, 0.25) is 0 Å². The monoisotopic (exact) mass is 447 g/mol. The number of carboxylic acids is 3. The summed E-state index contributed by atoms with van der Waals surface area (Å²) in [6.07, 6.45) is -0.185. The van der Waals surface area contributed by atoms with E-state index in [1.807, 2.05) is 0 Å². The number of amides is 1. The largest absolute Gasteiger partial charge is 0.480 e. The van der Waals surface area contributed by atoms with E-state index in [4.69, 9.17) is 17.2 Å². The number of guanidine groups is 1. The van der Waals surface area contributed by atoms with E-state index in [1.165, 1.54) is 0 Å². The van der Waals surface area contributed by atoms with Crippen LogP contribution in [0.15, 0.2) is 4.99 Å². The van der Waals surface area contributed by atoms with Gasteiger partial charge in [-0.2, -0.15) is 5.12 Å². The number of hydrazine groups is 2. The first-order valence-electron chi connectivity index (χ1n) is 9.68. The highest BCUT2D eigenvalue weighted by Crippen LogP contribution is 2.11. The first kappa shape index (κ1) is 28.0. The summed E-state index contributed by atoms with van der Waals surface area (Å²) in [4.78, 5) is 50.0. The number of nitrogens with zero attached hydrogens (tertiary/aromatic N) is 2. The van der Waals surface area contributed by atoms with Crippen molar-refractivity contribution in [2.75, 3.05) is 6.54 Å². The van der Waals surface area contributed by atoms with Gasteiger partial charge in [0, 0.05) is 13.0 Å². The molecule has 0 rings (SSSR count). The van der Waals surface area contributed by atoms with E-state index in [0.29, 0.717) is 0 Å². The second-order valence-corrected chi connectivity index (χ2v) is 7.35. The van der Waals surface area contributed by atoms with Crippen molar-refractivity contribution in [3.8, 4) is 0 Å². The molecule has 0 fully saturated rings. The third-order valence-corrected chi connectivity index (χ3v) is 4.10. The van der Waals surface area contributed by atoms with Crippen LogP contribution in [0.1, 0.15) is 46.0 Å². The minimum atomic E-state index is -1.47. The molecule has 0 aliphatic carbocycles. The third-order valence-electron chi connectivity index (χ3n) is 4.10. The molecule has 0 aromatic carbocycles. The van der Waals surface area contributed by atoms with Crippen LogP contribution >= 0.6 is 0 Å². The number of aliphatic carboxylic acids is 3. The van der Waals surface area contributed by atoms with Gasteiger partial charge in [-0.15, -0.1) is 0 Å². The number of carbonyl (C=O) groups is 4. The summed E-state index contributed by atoms with van der Waals surface area (Å²) in [6, 6.07) is -3.97. The highest BCUT2D eigenvalue weighted by atomic mass is 16.4. The van der Waals surface area contributed by atoms with Crippen LogP contribution in [0, 0.1) is 5.92 Å². The lowest BCUT2D eigenvalue weighted by Crippen LogP contribution is -2.64. The van der Waals surface area contributed by atoms with Gasteiger partial charge in [0.25, 0.3) is 0 Å². The number of aliphatic imine (C=N–C) groups is 1. The lowest BCUT2D eigenvalue weighted by atomic mass is 10.0. The number of primary amides is 1. The maximum Gasteiger partial charge on any atom is 0.323 e. The molecule has 0 saturated carbocycles. The normalized spacial score (nSPS) is 14.1. The molecule has 0 aliphatic rings. The number of carbonyl (C=O) groups excluding carboxylic acids is 1. The van der Waals surface area contributed by atoms with Crippen molar-refractivity contribution in [3.05, 3.63) is 0 Å². The van der Waals surface area contributed by atoms with Gasteiger partial charge < -0.3 is 32.5 Å². The molecule has 31 heavy (non-hydrogen) atoms. The van der Waals surface area contributed by atoms with E-state index in [2.05, 4.69) is 15.8 Å². The molecule has 0 unspecified atom stereocenters. The van der Waals surface area contributed by atoms with Gasteiger partial charge in [0.05, 0.1) is 0 Å². The van der Waals surface area contributed by atoms with E-state index in [0.717, 1.165) is 5.12 Å². The molecular formula is C17H33N7O7. The zero-order chi connectivity index (χ0) is 24.1. The van der Waals surface area contributed by atoms with Crippen molar-refractivity contribution in [2.24, 2.45) is 28.1 Å². The fraction of sp³-hybridized carbons (Fsp3) is 0.706. The average molecular weight is 447 g/mol. The Kier molecular flexibility index (Phi) is 12.8. The second-order valence-electron chi connectivity index (χ2n) is 7.35. The summed E-state index contributed by atoms with van der Waals surface area (Å²) < 4.78 is 0. The quantitative estimate of drug-likeness (QED) is 0.0523. The molecule has 14 heteroatoms. The molecule has 0 saturated heterocycles. The van der Waals surface area contributed by atoms with Gasteiger partial charge in [-0.05, 0) is 31.6 Å². The molecule has 0 bridgehead atoms. The maximum atomic E-state index is 11.8. The van der Waals surface area contributed by atoms with Gasteiger partial charge in [-0.3, -0.25) is 24.2 Å². The van der Waals surface area contributed by atoms with E-state index in [9.17, 15) is 34.5 Å². The molecule has 178 valence electrons. The Morgan fingerprint density at radius 2 is 1.45 bits per heavy atom. The Morgan fingerprint density at radius 3 is 1.87 bits per heavy atom. The van der Waals surface area contributed by atoms with Gasteiger partial charge >= 0.3 is 17.9 Å². The predicted octanol–water partition coefficient (Wildman–Crippen LogP) is -1.98. The summed E-state index contributed by atoms with van der Waals surface area (Å²) in [7, 11) is 0. The smallest absolute Gasteiger partial charge is 0.323 e. The maximum absolute atomic E-state index is 11.8. The van der Waals surface area contributed by atoms with Crippen molar-refractivity contribution >= 4 is 29.8 Å². The topological polar surface area (TPSA) is 247 Å². The average Bonchev–Trinajstić information content (AvgIpc) is 2.61. The van der Waals surface area contributed by atoms with Crippen LogP contribution < -0.4 is 28.1 Å². The molecule has 3 atom stereocenters. The van der Waals surface area contributed by atoms with Gasteiger partial charge in [0.2, 0.25) is 5.91 Å². The Hall–Kier alpha value is -2.97. The van der Waals surface area contributed by atoms with Crippen molar-refractivity contribution < 1.29 is 34.5 Å². The predicted molar refractivity (Wildman–Crippen MR) is 110 cm³/mol. The third kappa shape index (κ3) is 12.3. The molecule has 0 aromatic rings. The molecule has 0 aromatic heterocycles. The Labute approximate surface area is 179 Å². The van der Waals surface area contributed by atoms with Crippen LogP contribution in [0.25, 0.3) is 0 Å². The summed E-state index contributed by atoms with van der Waals surface area (Å²) in [5.41, 5.74) is 20.6. The van der Waals surface area contributed by atoms with Gasteiger partial charge in [-0.25, -0.2) is 10.9 Å². The summed E-state index contributed by atoms with van der Waals surface area (Å²) in [5.74, 6) is -4.92. The zero-order valence-electron chi connectivity index (χ0n) is 17.7. The number of nitrogens with two attached hydrogens (primary N) is 3. The van der Waals surface area contributed by atoms with Crippen molar-refractivity contribution in [2.45, 2.75) is 64.1 Å². The molecule has 0 heterocycles. The molecule has 1 amide bonds. The highest BCUT2D eigenvalue weighted by molar-refractivity contribution is 5.78. The lowest BCUT2D eigenvalue weighted by molar-refractivity contribution is -0.156. The minimum Gasteiger partial charge on any atom is -0.480 e. The van der Waals surface area contributed by atoms with Crippen molar-refractivity contribution in [3.63, 3.8) is 0 Å². The number of carboxylic acid groups (broad SMARTS) is 3. The number of nitrogens with one attached hydrogen (secondary N) is 2. The van der Waals surface area contributed by atoms with E-state index in [-0.39, 0.29) is 50.5 Å². The molecular weight excluding hydrogens is 414 g/mol. The summed E-state index contributed by atoms with van der Waals surface area (Å²) >= 11 is 0. The number of hydrogen-bond acceptors (Lipinski definition) is 8. The molecule has 0 spiro atoms. The zero-order valence-corrected chi connectivity index (χ0v) is 17.7. The van der Waals surface area contributed by atoms with Gasteiger partial charge in [-0.1, -0.05) is 13.8 Å². The Balaban J connectivity index is 5.68. The van der Waals surface area contributed by atoms with Crippen molar-refractivity contribution in [1.29, 1.82) is 0 Å². The van der Waals surface area contributed by atoms with Crippen LogP contribution in [0.4, 0.5) is 0 Å². The SMILES string of the molecule is CC(C)C[C@H](NN(N[C@@H](CCCN=C(N)N)C(=O)O)[C@@H](CCC(N)=O)C(=O)O)C(=O)O. The highest BCUT2D eigenvalue weighted by Gasteiger charge is 2.33. The van der Waals surface area contributed by atoms with Gasteiger partial charge in [0.1, 0.15) is 18.1 Å².